The van der Waals surface area contributed by atoms with Crippen molar-refractivity contribution in [3.63, 3.8) is 0 Å². The molecule has 112 valence electrons. The summed E-state index contributed by atoms with van der Waals surface area (Å²) in [4.78, 5) is 33.5. The monoisotopic (exact) mass is 293 g/mol. The Morgan fingerprint density at radius 2 is 1.71 bits per heavy atom. The topological polar surface area (TPSA) is 113 Å². The second-order valence-corrected chi connectivity index (χ2v) is 5.00. The van der Waals surface area contributed by atoms with Gasteiger partial charge in [0.25, 0.3) is 0 Å². The van der Waals surface area contributed by atoms with Crippen LogP contribution in [0.2, 0.25) is 0 Å². The SMILES string of the molecule is O=C(NC1CC(C(=O)O)(C(=O)O)C1)OCc1ccccc1. The average molecular weight is 293 g/mol. The molecule has 2 rings (SSSR count). The van der Waals surface area contributed by atoms with Crippen LogP contribution in [-0.2, 0) is 20.9 Å². The number of carbonyl (C=O) groups excluding carboxylic acids is 1. The Kier molecular flexibility index (Phi) is 4.11. The second-order valence-electron chi connectivity index (χ2n) is 5.00. The molecule has 0 saturated heterocycles. The molecule has 1 amide bonds. The van der Waals surface area contributed by atoms with Crippen molar-refractivity contribution in [1.29, 1.82) is 0 Å². The number of amides is 1. The fraction of sp³-hybridized carbons (Fsp3) is 0.357. The summed E-state index contributed by atoms with van der Waals surface area (Å²) in [5.41, 5.74) is -0.969. The maximum Gasteiger partial charge on any atom is 0.407 e. The van der Waals surface area contributed by atoms with Crippen LogP contribution in [0.1, 0.15) is 18.4 Å². The van der Waals surface area contributed by atoms with E-state index in [1.54, 1.807) is 12.1 Å². The number of hydrogen-bond donors (Lipinski definition) is 3. The van der Waals surface area contributed by atoms with Gasteiger partial charge < -0.3 is 20.3 Å². The minimum absolute atomic E-state index is 0.0996. The summed E-state index contributed by atoms with van der Waals surface area (Å²) in [6.45, 7) is 0.0996. The maximum atomic E-state index is 11.5. The quantitative estimate of drug-likeness (QED) is 0.704. The van der Waals surface area contributed by atoms with Crippen LogP contribution in [0.3, 0.4) is 0 Å². The van der Waals surface area contributed by atoms with E-state index in [0.717, 1.165) is 5.56 Å². The summed E-state index contributed by atoms with van der Waals surface area (Å²) < 4.78 is 4.98. The number of carboxylic acids is 2. The number of carboxylic acid groups (broad SMARTS) is 2. The number of nitrogens with one attached hydrogen (secondary N) is 1. The van der Waals surface area contributed by atoms with E-state index in [0.29, 0.717) is 0 Å². The van der Waals surface area contributed by atoms with Crippen LogP contribution in [0.5, 0.6) is 0 Å². The number of ether oxygens (including phenoxy) is 1. The summed E-state index contributed by atoms with van der Waals surface area (Å²) >= 11 is 0. The van der Waals surface area contributed by atoms with Gasteiger partial charge in [-0.1, -0.05) is 30.3 Å². The Balaban J connectivity index is 1.78. The highest BCUT2D eigenvalue weighted by Gasteiger charge is 2.57. The van der Waals surface area contributed by atoms with Crippen LogP contribution in [0, 0.1) is 5.41 Å². The van der Waals surface area contributed by atoms with E-state index in [1.165, 1.54) is 0 Å². The molecule has 0 radical (unpaired) electrons. The Morgan fingerprint density at radius 1 is 1.14 bits per heavy atom. The van der Waals surface area contributed by atoms with Crippen molar-refractivity contribution in [1.82, 2.24) is 5.32 Å². The number of aliphatic carboxylic acids is 2. The molecule has 1 aliphatic carbocycles. The van der Waals surface area contributed by atoms with Gasteiger partial charge in [-0.25, -0.2) is 4.79 Å². The molecule has 1 saturated carbocycles. The summed E-state index contributed by atoms with van der Waals surface area (Å²) in [5, 5.41) is 20.3. The number of alkyl carbamates (subject to hydrolysis) is 1. The van der Waals surface area contributed by atoms with Crippen LogP contribution in [0.25, 0.3) is 0 Å². The zero-order chi connectivity index (χ0) is 15.5. The van der Waals surface area contributed by atoms with E-state index in [1.807, 2.05) is 18.2 Å². The number of hydrogen-bond acceptors (Lipinski definition) is 4. The third-order valence-corrected chi connectivity index (χ3v) is 3.54. The minimum Gasteiger partial charge on any atom is -0.480 e. The van der Waals surface area contributed by atoms with Gasteiger partial charge >= 0.3 is 18.0 Å². The summed E-state index contributed by atoms with van der Waals surface area (Å²) in [5.74, 6) is -2.77. The van der Waals surface area contributed by atoms with Gasteiger partial charge in [-0.3, -0.25) is 9.59 Å². The molecule has 7 nitrogen and oxygen atoms in total. The van der Waals surface area contributed by atoms with Crippen LogP contribution in [0.15, 0.2) is 30.3 Å². The van der Waals surface area contributed by atoms with Crippen molar-refractivity contribution in [2.75, 3.05) is 0 Å². The molecule has 0 atom stereocenters. The van der Waals surface area contributed by atoms with Gasteiger partial charge in [0.05, 0.1) is 0 Å². The number of carbonyl (C=O) groups is 3. The lowest BCUT2D eigenvalue weighted by atomic mass is 9.65. The summed E-state index contributed by atoms with van der Waals surface area (Å²) in [6.07, 6.45) is -0.968. The van der Waals surface area contributed by atoms with E-state index in [9.17, 15) is 14.4 Å². The molecular formula is C14H15NO6. The van der Waals surface area contributed by atoms with Crippen molar-refractivity contribution < 1.29 is 29.3 Å². The Hall–Kier alpha value is -2.57. The molecule has 0 aromatic heterocycles. The fourth-order valence-electron chi connectivity index (χ4n) is 2.26. The second kappa shape index (κ2) is 5.82. The minimum atomic E-state index is -1.79. The first-order valence-corrected chi connectivity index (χ1v) is 6.38. The third-order valence-electron chi connectivity index (χ3n) is 3.54. The Bertz CT molecular complexity index is 534. The highest BCUT2D eigenvalue weighted by molar-refractivity contribution is 5.99. The van der Waals surface area contributed by atoms with Gasteiger partial charge in [0.2, 0.25) is 0 Å². The molecule has 1 aromatic carbocycles. The lowest BCUT2D eigenvalue weighted by Gasteiger charge is -2.40. The van der Waals surface area contributed by atoms with Crippen molar-refractivity contribution in [3.05, 3.63) is 35.9 Å². The van der Waals surface area contributed by atoms with Gasteiger partial charge in [-0.2, -0.15) is 0 Å². The van der Waals surface area contributed by atoms with Crippen molar-refractivity contribution in [2.24, 2.45) is 5.41 Å². The molecule has 0 heterocycles. The Morgan fingerprint density at radius 3 is 2.24 bits per heavy atom. The molecule has 1 aromatic rings. The van der Waals surface area contributed by atoms with Gasteiger partial charge in [0.15, 0.2) is 5.41 Å². The van der Waals surface area contributed by atoms with E-state index >= 15 is 0 Å². The molecule has 0 unspecified atom stereocenters. The van der Waals surface area contributed by atoms with Crippen molar-refractivity contribution in [2.45, 2.75) is 25.5 Å². The molecule has 1 aliphatic rings. The standard InChI is InChI=1S/C14H15NO6/c16-11(17)14(12(18)19)6-10(7-14)15-13(20)21-8-9-4-2-1-3-5-9/h1-5,10H,6-8H2,(H,15,20)(H,16,17)(H,18,19). The molecule has 21 heavy (non-hydrogen) atoms. The predicted molar refractivity (Wildman–Crippen MR) is 70.5 cm³/mol. The lowest BCUT2D eigenvalue weighted by Crippen LogP contribution is -2.58. The molecule has 0 bridgehead atoms. The van der Waals surface area contributed by atoms with Crippen LogP contribution >= 0.6 is 0 Å². The largest absolute Gasteiger partial charge is 0.480 e. The van der Waals surface area contributed by atoms with Crippen LogP contribution in [0.4, 0.5) is 4.79 Å². The normalized spacial score (nSPS) is 16.6. The number of benzene rings is 1. The van der Waals surface area contributed by atoms with E-state index in [-0.39, 0.29) is 19.4 Å². The molecule has 0 spiro atoms. The van der Waals surface area contributed by atoms with Gasteiger partial charge in [-0.15, -0.1) is 0 Å². The van der Waals surface area contributed by atoms with Crippen molar-refractivity contribution in [3.8, 4) is 0 Å². The fourth-order valence-corrected chi connectivity index (χ4v) is 2.26. The Labute approximate surface area is 120 Å². The van der Waals surface area contributed by atoms with Gasteiger partial charge in [-0.05, 0) is 18.4 Å². The molecule has 1 fully saturated rings. The first-order chi connectivity index (χ1) is 9.94. The van der Waals surface area contributed by atoms with E-state index in [2.05, 4.69) is 5.32 Å². The van der Waals surface area contributed by atoms with Crippen molar-refractivity contribution >= 4 is 18.0 Å². The predicted octanol–water partition coefficient (Wildman–Crippen LogP) is 1.23. The first-order valence-electron chi connectivity index (χ1n) is 6.38. The highest BCUT2D eigenvalue weighted by atomic mass is 16.5. The summed E-state index contributed by atoms with van der Waals surface area (Å²) in [7, 11) is 0. The highest BCUT2D eigenvalue weighted by Crippen LogP contribution is 2.41. The first kappa shape index (κ1) is 14.8. The van der Waals surface area contributed by atoms with E-state index in [4.69, 9.17) is 14.9 Å². The maximum absolute atomic E-state index is 11.5. The van der Waals surface area contributed by atoms with Crippen LogP contribution < -0.4 is 5.32 Å². The van der Waals surface area contributed by atoms with Gasteiger partial charge in [0.1, 0.15) is 6.61 Å². The molecular weight excluding hydrogens is 278 g/mol. The average Bonchev–Trinajstić information content (AvgIpc) is 2.40. The number of rotatable bonds is 5. The smallest absolute Gasteiger partial charge is 0.407 e. The van der Waals surface area contributed by atoms with E-state index < -0.39 is 29.5 Å². The third kappa shape index (κ3) is 3.13. The molecule has 7 heteroatoms. The zero-order valence-corrected chi connectivity index (χ0v) is 11.1. The summed E-state index contributed by atoms with van der Waals surface area (Å²) in [6, 6.07) is 8.58. The molecule has 3 N–H and O–H groups in total. The zero-order valence-electron chi connectivity index (χ0n) is 11.1. The molecule has 0 aliphatic heterocycles. The van der Waals surface area contributed by atoms with Crippen LogP contribution in [-0.4, -0.2) is 34.3 Å². The lowest BCUT2D eigenvalue weighted by molar-refractivity contribution is -0.173. The van der Waals surface area contributed by atoms with Gasteiger partial charge in [0, 0.05) is 6.04 Å².